The van der Waals surface area contributed by atoms with Crippen molar-refractivity contribution in [3.05, 3.63) is 60.2 Å². The van der Waals surface area contributed by atoms with Crippen LogP contribution in [0.25, 0.3) is 0 Å². The van der Waals surface area contributed by atoms with Gasteiger partial charge >= 0.3 is 0 Å². The maximum Gasteiger partial charge on any atom is 0.243 e. The number of ketones is 1. The first-order valence-corrected chi connectivity index (χ1v) is 6.31. The molecule has 0 unspecified atom stereocenters. The Bertz CT molecular complexity index is 473. The summed E-state index contributed by atoms with van der Waals surface area (Å²) >= 11 is 0. The molecule has 0 saturated carbocycles. The number of carbonyl (C=O) groups is 2. The topological polar surface area (TPSA) is 46.2 Å². The number of benzene rings is 1. The number of amides is 1. The van der Waals surface area contributed by atoms with Gasteiger partial charge in [-0.2, -0.15) is 0 Å². The summed E-state index contributed by atoms with van der Waals surface area (Å²) in [6.45, 7) is 4.71. The van der Waals surface area contributed by atoms with Crippen molar-refractivity contribution >= 4 is 11.7 Å². The highest BCUT2D eigenvalue weighted by molar-refractivity contribution is 6.04. The molecule has 0 fully saturated rings. The molecule has 0 bridgehead atoms. The monoisotopic (exact) mass is 257 g/mol. The average Bonchev–Trinajstić information content (AvgIpc) is 2.42. The Morgan fingerprint density at radius 1 is 1.11 bits per heavy atom. The molecular weight excluding hydrogens is 238 g/mol. The third-order valence-corrected chi connectivity index (χ3v) is 2.35. The first-order chi connectivity index (χ1) is 9.09. The van der Waals surface area contributed by atoms with E-state index in [9.17, 15) is 9.59 Å². The molecule has 0 radical (unpaired) electrons. The fraction of sp³-hybridized carbons (Fsp3) is 0.250. The maximum absolute atomic E-state index is 11.7. The van der Waals surface area contributed by atoms with E-state index in [1.807, 2.05) is 32.0 Å². The van der Waals surface area contributed by atoms with E-state index < -0.39 is 0 Å². The Labute approximate surface area is 114 Å². The molecule has 1 rings (SSSR count). The van der Waals surface area contributed by atoms with E-state index in [1.54, 1.807) is 24.3 Å². The van der Waals surface area contributed by atoms with Crippen LogP contribution in [0.4, 0.5) is 0 Å². The molecule has 0 aromatic heterocycles. The van der Waals surface area contributed by atoms with Crippen LogP contribution in [0.2, 0.25) is 0 Å². The van der Waals surface area contributed by atoms with E-state index >= 15 is 0 Å². The van der Waals surface area contributed by atoms with Gasteiger partial charge in [0, 0.05) is 18.2 Å². The second-order valence-electron chi connectivity index (χ2n) is 4.59. The Balaban J connectivity index is 2.41. The third-order valence-electron chi connectivity index (χ3n) is 2.35. The molecule has 1 aromatic carbocycles. The van der Waals surface area contributed by atoms with E-state index in [0.29, 0.717) is 18.0 Å². The highest BCUT2D eigenvalue weighted by Gasteiger charge is 1.98. The average molecular weight is 257 g/mol. The van der Waals surface area contributed by atoms with Crippen LogP contribution in [0.15, 0.2) is 54.6 Å². The third kappa shape index (κ3) is 6.36. The summed E-state index contributed by atoms with van der Waals surface area (Å²) in [7, 11) is 0. The van der Waals surface area contributed by atoms with E-state index in [-0.39, 0.29) is 11.7 Å². The van der Waals surface area contributed by atoms with Gasteiger partial charge < -0.3 is 5.32 Å². The second kappa shape index (κ2) is 8.03. The van der Waals surface area contributed by atoms with Crippen LogP contribution >= 0.6 is 0 Å². The van der Waals surface area contributed by atoms with Crippen LogP contribution < -0.4 is 5.32 Å². The molecule has 1 aromatic rings. The van der Waals surface area contributed by atoms with Crippen molar-refractivity contribution in [2.24, 2.45) is 5.92 Å². The van der Waals surface area contributed by atoms with E-state index in [2.05, 4.69) is 5.32 Å². The molecule has 100 valence electrons. The van der Waals surface area contributed by atoms with Crippen LogP contribution in [0.1, 0.15) is 24.2 Å². The molecule has 19 heavy (non-hydrogen) atoms. The minimum Gasteiger partial charge on any atom is -0.352 e. The molecular formula is C16H19NO2. The summed E-state index contributed by atoms with van der Waals surface area (Å²) in [5, 5.41) is 2.76. The van der Waals surface area contributed by atoms with Crippen LogP contribution in [-0.4, -0.2) is 18.2 Å². The molecule has 0 spiro atoms. The zero-order valence-corrected chi connectivity index (χ0v) is 11.3. The van der Waals surface area contributed by atoms with Crippen molar-refractivity contribution < 1.29 is 9.59 Å². The minimum absolute atomic E-state index is 0.0761. The molecule has 1 amide bonds. The molecule has 0 aliphatic rings. The van der Waals surface area contributed by atoms with Crippen molar-refractivity contribution in [1.29, 1.82) is 0 Å². The Morgan fingerprint density at radius 2 is 1.74 bits per heavy atom. The van der Waals surface area contributed by atoms with Crippen LogP contribution in [0.3, 0.4) is 0 Å². The molecule has 3 heteroatoms. The Kier molecular flexibility index (Phi) is 6.30. The smallest absolute Gasteiger partial charge is 0.243 e. The number of hydrogen-bond acceptors (Lipinski definition) is 2. The maximum atomic E-state index is 11.7. The SMILES string of the molecule is CC(C)CNC(=O)C=CC=CC(=O)c1ccccc1. The summed E-state index contributed by atoms with van der Waals surface area (Å²) in [5.41, 5.74) is 0.636. The van der Waals surface area contributed by atoms with Gasteiger partial charge in [-0.25, -0.2) is 0 Å². The fourth-order valence-corrected chi connectivity index (χ4v) is 1.35. The van der Waals surface area contributed by atoms with Gasteiger partial charge in [-0.05, 0) is 12.0 Å². The molecule has 0 aliphatic carbocycles. The largest absolute Gasteiger partial charge is 0.352 e. The standard InChI is InChI=1S/C16H19NO2/c1-13(2)12-17-16(19)11-7-6-10-15(18)14-8-4-3-5-9-14/h3-11,13H,12H2,1-2H3,(H,17,19). The van der Waals surface area contributed by atoms with E-state index in [0.717, 1.165) is 0 Å². The van der Waals surface area contributed by atoms with Crippen molar-refractivity contribution in [2.75, 3.05) is 6.54 Å². The zero-order valence-electron chi connectivity index (χ0n) is 11.3. The van der Waals surface area contributed by atoms with E-state index in [1.165, 1.54) is 12.2 Å². The van der Waals surface area contributed by atoms with Gasteiger partial charge in [-0.3, -0.25) is 9.59 Å². The lowest BCUT2D eigenvalue weighted by Gasteiger charge is -2.03. The zero-order chi connectivity index (χ0) is 14.1. The van der Waals surface area contributed by atoms with Gasteiger partial charge in [-0.1, -0.05) is 56.3 Å². The van der Waals surface area contributed by atoms with Crippen molar-refractivity contribution in [2.45, 2.75) is 13.8 Å². The number of rotatable bonds is 6. The van der Waals surface area contributed by atoms with Crippen molar-refractivity contribution in [3.63, 3.8) is 0 Å². The Morgan fingerprint density at radius 3 is 2.37 bits per heavy atom. The predicted molar refractivity (Wildman–Crippen MR) is 76.9 cm³/mol. The van der Waals surface area contributed by atoms with Gasteiger partial charge in [0.05, 0.1) is 0 Å². The first kappa shape index (κ1) is 14.9. The molecule has 3 nitrogen and oxygen atoms in total. The summed E-state index contributed by atoms with van der Waals surface area (Å²) in [6.07, 6.45) is 6.00. The lowest BCUT2D eigenvalue weighted by molar-refractivity contribution is -0.116. The molecule has 1 N–H and O–H groups in total. The summed E-state index contributed by atoms with van der Waals surface area (Å²) in [5.74, 6) is 0.200. The van der Waals surface area contributed by atoms with Gasteiger partial charge in [0.2, 0.25) is 5.91 Å². The van der Waals surface area contributed by atoms with Gasteiger partial charge in [0.1, 0.15) is 0 Å². The van der Waals surface area contributed by atoms with Gasteiger partial charge in [0.25, 0.3) is 0 Å². The molecule has 0 atom stereocenters. The number of carbonyl (C=O) groups excluding carboxylic acids is 2. The molecule has 0 heterocycles. The van der Waals surface area contributed by atoms with E-state index in [4.69, 9.17) is 0 Å². The highest BCUT2D eigenvalue weighted by atomic mass is 16.1. The quantitative estimate of drug-likeness (QED) is 0.484. The van der Waals surface area contributed by atoms with Crippen LogP contribution in [-0.2, 0) is 4.79 Å². The molecule has 0 aliphatic heterocycles. The molecule has 0 saturated heterocycles. The highest BCUT2D eigenvalue weighted by Crippen LogP contribution is 2.00. The van der Waals surface area contributed by atoms with Crippen molar-refractivity contribution in [3.8, 4) is 0 Å². The first-order valence-electron chi connectivity index (χ1n) is 6.31. The normalized spacial score (nSPS) is 11.3. The second-order valence-corrected chi connectivity index (χ2v) is 4.59. The minimum atomic E-state index is -0.148. The van der Waals surface area contributed by atoms with Crippen molar-refractivity contribution in [1.82, 2.24) is 5.32 Å². The number of nitrogens with one attached hydrogen (secondary N) is 1. The lowest BCUT2D eigenvalue weighted by atomic mass is 10.1. The summed E-state index contributed by atoms with van der Waals surface area (Å²) in [6, 6.07) is 9.00. The summed E-state index contributed by atoms with van der Waals surface area (Å²) < 4.78 is 0. The summed E-state index contributed by atoms with van der Waals surface area (Å²) in [4.78, 5) is 23.0. The van der Waals surface area contributed by atoms with Crippen LogP contribution in [0.5, 0.6) is 0 Å². The number of hydrogen-bond donors (Lipinski definition) is 1. The number of allylic oxidation sites excluding steroid dienone is 3. The van der Waals surface area contributed by atoms with Gasteiger partial charge in [0.15, 0.2) is 5.78 Å². The van der Waals surface area contributed by atoms with Gasteiger partial charge in [-0.15, -0.1) is 0 Å². The predicted octanol–water partition coefficient (Wildman–Crippen LogP) is 2.75. The Hall–Kier alpha value is -2.16. The lowest BCUT2D eigenvalue weighted by Crippen LogP contribution is -2.25. The fourth-order valence-electron chi connectivity index (χ4n) is 1.35. The van der Waals surface area contributed by atoms with Crippen LogP contribution in [0, 0.1) is 5.92 Å².